The van der Waals surface area contributed by atoms with Gasteiger partial charge in [0.2, 0.25) is 0 Å². The van der Waals surface area contributed by atoms with Crippen LogP contribution in [0.2, 0.25) is 0 Å². The van der Waals surface area contributed by atoms with Gasteiger partial charge in [0.15, 0.2) is 0 Å². The molecule has 1 aliphatic carbocycles. The minimum atomic E-state index is -0.231. The number of rotatable bonds is 3. The van der Waals surface area contributed by atoms with E-state index >= 15 is 0 Å². The van der Waals surface area contributed by atoms with Crippen molar-refractivity contribution in [1.82, 2.24) is 9.55 Å². The van der Waals surface area contributed by atoms with E-state index in [2.05, 4.69) is 131 Å². The van der Waals surface area contributed by atoms with Crippen LogP contribution in [0.25, 0.3) is 38.8 Å². The van der Waals surface area contributed by atoms with Crippen molar-refractivity contribution >= 4 is 27.8 Å². The smallest absolute Gasteiger partial charge is 0.510 e. The molecular weight excluding hydrogens is 810 g/mol. The molecule has 7 aromatic rings. The zero-order valence-corrected chi connectivity index (χ0v) is 31.6. The Bertz CT molecular complexity index is 2650. The van der Waals surface area contributed by atoms with E-state index in [4.69, 9.17) is 19.5 Å². The number of fused-ring (bicyclic) bond motifs is 11. The molecule has 4 heterocycles. The molecule has 0 radical (unpaired) electrons. The van der Waals surface area contributed by atoms with Crippen LogP contribution < -0.4 is 4.74 Å². The van der Waals surface area contributed by atoms with Gasteiger partial charge in [0.25, 0.3) is 0 Å². The largest absolute Gasteiger partial charge is 2.00 e. The zero-order valence-electron chi connectivity index (χ0n) is 29.3. The Labute approximate surface area is 312 Å². The van der Waals surface area contributed by atoms with Crippen LogP contribution in [0.4, 0.5) is 0 Å². The van der Waals surface area contributed by atoms with Crippen LogP contribution in [0, 0.1) is 39.8 Å². The molecular formula is C45H35N3O2Pt. The zero-order chi connectivity index (χ0) is 34.1. The fourth-order valence-corrected chi connectivity index (χ4v) is 8.43. The van der Waals surface area contributed by atoms with Gasteiger partial charge in [-0.2, -0.15) is 6.07 Å². The number of aliphatic imine (C=N–C) groups is 1. The topological polar surface area (TPSA) is 48.6 Å². The monoisotopic (exact) mass is 844 g/mol. The van der Waals surface area contributed by atoms with E-state index in [1.807, 2.05) is 18.3 Å². The summed E-state index contributed by atoms with van der Waals surface area (Å²) < 4.78 is 15.7. The van der Waals surface area contributed by atoms with Crippen LogP contribution in [0.15, 0.2) is 96.1 Å². The maximum absolute atomic E-state index is 6.73. The number of aryl methyl sites for hydroxylation is 4. The summed E-state index contributed by atoms with van der Waals surface area (Å²) in [6, 6.07) is 37.5. The summed E-state index contributed by atoms with van der Waals surface area (Å²) in [6.45, 7) is 13.0. The van der Waals surface area contributed by atoms with E-state index in [1.165, 1.54) is 55.4 Å². The summed E-state index contributed by atoms with van der Waals surface area (Å²) in [5.74, 6) is 1.85. The molecule has 5 nitrogen and oxygen atoms in total. The van der Waals surface area contributed by atoms with Crippen molar-refractivity contribution in [3.63, 3.8) is 0 Å². The number of hydrogen-bond acceptors (Lipinski definition) is 4. The van der Waals surface area contributed by atoms with E-state index in [0.29, 0.717) is 17.4 Å². The third-order valence-corrected chi connectivity index (χ3v) is 10.9. The minimum absolute atomic E-state index is 0. The Hall–Kier alpha value is -4.99. The first-order valence-corrected chi connectivity index (χ1v) is 17.3. The molecule has 0 saturated heterocycles. The molecule has 5 aromatic carbocycles. The summed E-state index contributed by atoms with van der Waals surface area (Å²) in [5, 5.41) is 2.33. The first-order valence-electron chi connectivity index (χ1n) is 17.3. The van der Waals surface area contributed by atoms with Crippen LogP contribution in [-0.4, -0.2) is 15.4 Å². The molecule has 0 saturated carbocycles. The maximum Gasteiger partial charge on any atom is 2.00 e. The molecule has 6 heteroatoms. The predicted octanol–water partition coefficient (Wildman–Crippen LogP) is 10.7. The molecule has 0 spiro atoms. The maximum atomic E-state index is 6.73. The molecule has 10 rings (SSSR count). The second-order valence-electron chi connectivity index (χ2n) is 14.7. The second-order valence-corrected chi connectivity index (χ2v) is 14.7. The Morgan fingerprint density at radius 1 is 0.765 bits per heavy atom. The van der Waals surface area contributed by atoms with Gasteiger partial charge in [-0.3, -0.25) is 4.99 Å². The van der Waals surface area contributed by atoms with Gasteiger partial charge >= 0.3 is 21.1 Å². The van der Waals surface area contributed by atoms with Crippen molar-refractivity contribution < 1.29 is 30.5 Å². The number of hydrogen-bond donors (Lipinski definition) is 0. The number of para-hydroxylation sites is 1. The molecule has 0 unspecified atom stereocenters. The molecule has 2 aliphatic heterocycles. The van der Waals surface area contributed by atoms with Crippen molar-refractivity contribution in [3.8, 4) is 28.3 Å². The number of benzene rings is 5. The molecule has 252 valence electrons. The number of nitrogens with zero attached hydrogens (tertiary/aromatic N) is 3. The Balaban J connectivity index is 0.00000348. The van der Waals surface area contributed by atoms with Gasteiger partial charge in [-0.1, -0.05) is 117 Å². The quantitative estimate of drug-likeness (QED) is 0.167. The Kier molecular flexibility index (Phi) is 7.05. The summed E-state index contributed by atoms with van der Waals surface area (Å²) in [5.41, 5.74) is 15.5. The number of pyridine rings is 1. The molecule has 0 N–H and O–H groups in total. The van der Waals surface area contributed by atoms with Gasteiger partial charge in [0.1, 0.15) is 23.7 Å². The van der Waals surface area contributed by atoms with Crippen LogP contribution in [0.3, 0.4) is 0 Å². The van der Waals surface area contributed by atoms with E-state index < -0.39 is 0 Å². The van der Waals surface area contributed by atoms with Gasteiger partial charge in [-0.25, -0.2) is 4.98 Å². The first kappa shape index (κ1) is 32.0. The fourth-order valence-electron chi connectivity index (χ4n) is 8.43. The van der Waals surface area contributed by atoms with Gasteiger partial charge in [0.05, 0.1) is 5.52 Å². The Morgan fingerprint density at radius 3 is 2.31 bits per heavy atom. The van der Waals surface area contributed by atoms with E-state index in [0.717, 1.165) is 33.4 Å². The summed E-state index contributed by atoms with van der Waals surface area (Å²) in [7, 11) is 0. The normalized spacial score (nSPS) is 17.5. The molecule has 0 amide bonds. The van der Waals surface area contributed by atoms with Crippen molar-refractivity contribution in [1.29, 1.82) is 0 Å². The molecule has 51 heavy (non-hydrogen) atoms. The predicted molar refractivity (Wildman–Crippen MR) is 199 cm³/mol. The van der Waals surface area contributed by atoms with Crippen LogP contribution in [0.5, 0.6) is 11.5 Å². The molecule has 2 atom stereocenters. The van der Waals surface area contributed by atoms with Crippen LogP contribution in [-0.2, 0) is 31.2 Å². The standard InChI is InChI=1S/C45H35N3O2.Pt/c1-24-12-14-30-34(19-24)35-20-25(2)13-15-32(35)42-40(30)47-44(50-42)28-17-26(3)18-29(22-28)49-39-23-38-37(21-27(39)4)45(5,6)36-11-7-9-31-33-10-8-16-46-43(33)48(38)41(31)36;/h7-21,40,42H,1-6H3;/q-2;+2/t40-,42+;/m1./s1. The fraction of sp³-hybridized carbons (Fsp3) is 0.200. The van der Waals surface area contributed by atoms with E-state index in [9.17, 15) is 0 Å². The van der Waals surface area contributed by atoms with E-state index in [1.54, 1.807) is 0 Å². The van der Waals surface area contributed by atoms with Gasteiger partial charge < -0.3 is 14.0 Å². The van der Waals surface area contributed by atoms with Crippen LogP contribution >= 0.6 is 0 Å². The molecule has 0 bridgehead atoms. The van der Waals surface area contributed by atoms with Crippen molar-refractivity contribution in [3.05, 3.63) is 153 Å². The SMILES string of the molecule is Cc1cc(Oc2[c-]c3c(cc2C)C(C)(C)c2cccc4c5cccnc5n-3c24)[c-]c(C2=N[C@@H]3c4ccc(C)cc4-c4cc(C)ccc4[C@@H]3O2)c1.[Pt+2]. The first-order chi connectivity index (χ1) is 24.2. The van der Waals surface area contributed by atoms with Gasteiger partial charge in [-0.15, -0.1) is 28.8 Å². The Morgan fingerprint density at radius 2 is 1.51 bits per heavy atom. The second kappa shape index (κ2) is 11.3. The van der Waals surface area contributed by atoms with Gasteiger partial charge in [0, 0.05) is 34.0 Å². The third-order valence-electron chi connectivity index (χ3n) is 10.9. The van der Waals surface area contributed by atoms with Crippen molar-refractivity contribution in [2.75, 3.05) is 0 Å². The average Bonchev–Trinajstić information content (AvgIpc) is 3.69. The van der Waals surface area contributed by atoms with Crippen molar-refractivity contribution in [2.24, 2.45) is 4.99 Å². The molecule has 3 aliphatic rings. The number of aromatic nitrogens is 2. The average molecular weight is 845 g/mol. The third kappa shape index (κ3) is 4.64. The summed E-state index contributed by atoms with van der Waals surface area (Å²) in [6.07, 6.45) is 1.67. The van der Waals surface area contributed by atoms with Crippen LogP contribution in [0.1, 0.15) is 76.1 Å². The van der Waals surface area contributed by atoms with E-state index in [-0.39, 0.29) is 38.6 Å². The molecule has 0 fully saturated rings. The summed E-state index contributed by atoms with van der Waals surface area (Å²) >= 11 is 0. The molecule has 2 aromatic heterocycles. The summed E-state index contributed by atoms with van der Waals surface area (Å²) in [4.78, 5) is 10.1. The van der Waals surface area contributed by atoms with Crippen molar-refractivity contribution in [2.45, 2.75) is 59.1 Å². The number of ether oxygens (including phenoxy) is 2. The minimum Gasteiger partial charge on any atom is -0.510 e. The van der Waals surface area contributed by atoms with Gasteiger partial charge in [-0.05, 0) is 53.6 Å².